The van der Waals surface area contributed by atoms with Crippen LogP contribution >= 0.6 is 11.3 Å². The quantitative estimate of drug-likeness (QED) is 0.640. The first-order valence-electron chi connectivity index (χ1n) is 5.86. The summed E-state index contributed by atoms with van der Waals surface area (Å²) in [4.78, 5) is 11.2. The first-order valence-corrected chi connectivity index (χ1v) is 6.74. The molecule has 1 heterocycles. The van der Waals surface area contributed by atoms with Gasteiger partial charge in [0.2, 0.25) is 6.41 Å². The van der Waals surface area contributed by atoms with Gasteiger partial charge in [0.15, 0.2) is 0 Å². The highest BCUT2D eigenvalue weighted by Crippen LogP contribution is 2.20. The molecule has 100 valence electrons. The Hall–Kier alpha value is -1.75. The molecule has 2 aromatic rings. The summed E-state index contributed by atoms with van der Waals surface area (Å²) in [5, 5.41) is 4.52. The number of rotatable bonds is 6. The second kappa shape index (κ2) is 6.43. The third-order valence-electron chi connectivity index (χ3n) is 2.71. The fourth-order valence-corrected chi connectivity index (χ4v) is 2.70. The molecule has 1 aromatic carbocycles. The molecule has 2 rings (SSSR count). The molecule has 2 nitrogen and oxygen atoms in total. The van der Waals surface area contributed by atoms with Gasteiger partial charge >= 0.3 is 0 Å². The van der Waals surface area contributed by atoms with Crippen molar-refractivity contribution in [3.63, 3.8) is 0 Å². The van der Waals surface area contributed by atoms with Gasteiger partial charge < -0.3 is 5.32 Å². The Morgan fingerprint density at radius 2 is 2.11 bits per heavy atom. The topological polar surface area (TPSA) is 29.1 Å². The molecule has 19 heavy (non-hydrogen) atoms. The molecule has 0 bridgehead atoms. The van der Waals surface area contributed by atoms with Gasteiger partial charge in [0.05, 0.1) is 0 Å². The predicted octanol–water partition coefficient (Wildman–Crippen LogP) is 2.91. The maximum Gasteiger partial charge on any atom is 0.207 e. The van der Waals surface area contributed by atoms with Gasteiger partial charge in [0, 0.05) is 17.8 Å². The van der Waals surface area contributed by atoms with Crippen LogP contribution in [-0.2, 0) is 17.6 Å². The number of halogens is 2. The summed E-state index contributed by atoms with van der Waals surface area (Å²) in [6.45, 7) is 0.581. The van der Waals surface area contributed by atoms with E-state index in [1.165, 1.54) is 6.07 Å². The minimum atomic E-state index is -0.429. The number of carbonyl (C=O) groups is 1. The van der Waals surface area contributed by atoms with E-state index in [-0.39, 0.29) is 0 Å². The molecule has 0 aliphatic rings. The van der Waals surface area contributed by atoms with Gasteiger partial charge in [-0.15, -0.1) is 11.3 Å². The van der Waals surface area contributed by atoms with Crippen LogP contribution in [0.2, 0.25) is 0 Å². The van der Waals surface area contributed by atoms with Crippen molar-refractivity contribution in [3.8, 4) is 0 Å². The van der Waals surface area contributed by atoms with E-state index in [4.69, 9.17) is 0 Å². The van der Waals surface area contributed by atoms with Gasteiger partial charge in [-0.2, -0.15) is 0 Å². The number of nitrogens with one attached hydrogen (secondary N) is 1. The number of carbonyl (C=O) groups excluding carboxylic acids is 1. The summed E-state index contributed by atoms with van der Waals surface area (Å²) in [6.07, 6.45) is 1.78. The Labute approximate surface area is 114 Å². The summed E-state index contributed by atoms with van der Waals surface area (Å²) >= 11 is 1.56. The van der Waals surface area contributed by atoms with E-state index in [2.05, 4.69) is 5.32 Å². The lowest BCUT2D eigenvalue weighted by Gasteiger charge is -2.01. The third-order valence-corrected chi connectivity index (χ3v) is 3.75. The zero-order chi connectivity index (χ0) is 13.7. The molecule has 0 atom stereocenters. The molecule has 1 N–H and O–H groups in total. The summed E-state index contributed by atoms with van der Waals surface area (Å²) in [7, 11) is 0. The van der Waals surface area contributed by atoms with Crippen LogP contribution in [0.4, 0.5) is 8.78 Å². The van der Waals surface area contributed by atoms with Gasteiger partial charge in [-0.05, 0) is 47.2 Å². The monoisotopic (exact) mass is 281 g/mol. The van der Waals surface area contributed by atoms with Crippen molar-refractivity contribution in [1.29, 1.82) is 0 Å². The van der Waals surface area contributed by atoms with Crippen LogP contribution in [0.5, 0.6) is 0 Å². The van der Waals surface area contributed by atoms with Crippen molar-refractivity contribution in [3.05, 3.63) is 57.3 Å². The largest absolute Gasteiger partial charge is 0.358 e. The Bertz CT molecular complexity index is 568. The van der Waals surface area contributed by atoms with E-state index in [0.29, 0.717) is 24.9 Å². The number of benzene rings is 1. The van der Waals surface area contributed by atoms with E-state index >= 15 is 0 Å². The van der Waals surface area contributed by atoms with Crippen LogP contribution in [0.25, 0.3) is 0 Å². The maximum absolute atomic E-state index is 13.5. The van der Waals surface area contributed by atoms with Crippen molar-refractivity contribution in [2.75, 3.05) is 6.54 Å². The van der Waals surface area contributed by atoms with Crippen molar-refractivity contribution in [1.82, 2.24) is 5.32 Å². The van der Waals surface area contributed by atoms with Crippen molar-refractivity contribution in [2.24, 2.45) is 0 Å². The van der Waals surface area contributed by atoms with Gasteiger partial charge in [-0.1, -0.05) is 0 Å². The fraction of sp³-hybridized carbons (Fsp3) is 0.214. The van der Waals surface area contributed by atoms with Crippen molar-refractivity contribution in [2.45, 2.75) is 12.8 Å². The normalized spacial score (nSPS) is 10.4. The van der Waals surface area contributed by atoms with Crippen LogP contribution in [0.15, 0.2) is 29.6 Å². The smallest absolute Gasteiger partial charge is 0.207 e. The number of hydrogen-bond donors (Lipinski definition) is 1. The Kier molecular flexibility index (Phi) is 4.63. The summed E-state index contributed by atoms with van der Waals surface area (Å²) in [5.74, 6) is -0.821. The first kappa shape index (κ1) is 13.7. The Balaban J connectivity index is 2.03. The standard InChI is InChI=1S/C14H13F2NOS/c15-12-1-2-14(16)11(7-12)5-10-6-13(19-8-10)3-4-17-9-18/h1-2,6-9H,3-5H2,(H,17,18). The molecule has 0 fully saturated rings. The zero-order valence-electron chi connectivity index (χ0n) is 10.2. The Morgan fingerprint density at radius 1 is 1.26 bits per heavy atom. The average molecular weight is 281 g/mol. The molecular formula is C14H13F2NOS. The molecule has 0 saturated heterocycles. The van der Waals surface area contributed by atoms with Crippen LogP contribution in [0, 0.1) is 11.6 Å². The lowest BCUT2D eigenvalue weighted by molar-refractivity contribution is -0.109. The Morgan fingerprint density at radius 3 is 2.89 bits per heavy atom. The van der Waals surface area contributed by atoms with Crippen LogP contribution in [0.1, 0.15) is 16.0 Å². The molecule has 0 aliphatic carbocycles. The molecule has 0 aliphatic heterocycles. The summed E-state index contributed by atoms with van der Waals surface area (Å²) in [6, 6.07) is 5.44. The molecule has 0 unspecified atom stereocenters. The average Bonchev–Trinajstić information content (AvgIpc) is 2.82. The van der Waals surface area contributed by atoms with E-state index in [0.717, 1.165) is 29.0 Å². The third kappa shape index (κ3) is 3.86. The molecule has 0 radical (unpaired) electrons. The van der Waals surface area contributed by atoms with E-state index < -0.39 is 11.6 Å². The van der Waals surface area contributed by atoms with Gasteiger partial charge in [0.1, 0.15) is 11.6 Å². The number of amides is 1. The second-order valence-corrected chi connectivity index (χ2v) is 5.15. The summed E-state index contributed by atoms with van der Waals surface area (Å²) in [5.41, 5.74) is 1.31. The highest BCUT2D eigenvalue weighted by Gasteiger charge is 2.07. The first-order chi connectivity index (χ1) is 9.19. The number of thiophene rings is 1. The van der Waals surface area contributed by atoms with Crippen LogP contribution in [0.3, 0.4) is 0 Å². The van der Waals surface area contributed by atoms with Crippen molar-refractivity contribution < 1.29 is 13.6 Å². The molecule has 0 saturated carbocycles. The molecule has 0 spiro atoms. The lowest BCUT2D eigenvalue weighted by Crippen LogP contribution is -2.13. The SMILES string of the molecule is O=CNCCc1cc(Cc2cc(F)ccc2F)cs1. The van der Waals surface area contributed by atoms with Crippen LogP contribution in [-0.4, -0.2) is 13.0 Å². The molecule has 1 aromatic heterocycles. The fourth-order valence-electron chi connectivity index (χ4n) is 1.80. The van der Waals surface area contributed by atoms with Gasteiger partial charge in [-0.25, -0.2) is 8.78 Å². The lowest BCUT2D eigenvalue weighted by atomic mass is 10.1. The maximum atomic E-state index is 13.5. The minimum absolute atomic E-state index is 0.357. The van der Waals surface area contributed by atoms with E-state index in [9.17, 15) is 13.6 Å². The zero-order valence-corrected chi connectivity index (χ0v) is 11.0. The molecule has 1 amide bonds. The highest BCUT2D eigenvalue weighted by molar-refractivity contribution is 7.10. The van der Waals surface area contributed by atoms with E-state index in [1.54, 1.807) is 11.3 Å². The highest BCUT2D eigenvalue weighted by atomic mass is 32.1. The molecule has 5 heteroatoms. The number of hydrogen-bond acceptors (Lipinski definition) is 2. The van der Waals surface area contributed by atoms with Gasteiger partial charge in [-0.3, -0.25) is 4.79 Å². The molecular weight excluding hydrogens is 268 g/mol. The predicted molar refractivity (Wildman–Crippen MR) is 71.3 cm³/mol. The van der Waals surface area contributed by atoms with Crippen LogP contribution < -0.4 is 5.32 Å². The van der Waals surface area contributed by atoms with Gasteiger partial charge in [0.25, 0.3) is 0 Å². The van der Waals surface area contributed by atoms with E-state index in [1.807, 2.05) is 11.4 Å². The minimum Gasteiger partial charge on any atom is -0.358 e. The summed E-state index contributed by atoms with van der Waals surface area (Å²) < 4.78 is 26.6. The van der Waals surface area contributed by atoms with Crippen molar-refractivity contribution >= 4 is 17.7 Å². The second-order valence-electron chi connectivity index (χ2n) is 4.16.